The van der Waals surface area contributed by atoms with Gasteiger partial charge in [-0.15, -0.1) is 0 Å². The molecule has 4 rings (SSSR count). The van der Waals surface area contributed by atoms with Gasteiger partial charge in [-0.05, 0) is 35.1 Å². The lowest BCUT2D eigenvalue weighted by atomic mass is 10.0. The Balaban J connectivity index is 1.71. The summed E-state index contributed by atoms with van der Waals surface area (Å²) in [6.45, 7) is 0. The molecule has 0 saturated heterocycles. The summed E-state index contributed by atoms with van der Waals surface area (Å²) in [5, 5.41) is 6.29. The summed E-state index contributed by atoms with van der Waals surface area (Å²) in [6, 6.07) is 21.7. The van der Waals surface area contributed by atoms with Crippen molar-refractivity contribution in [3.63, 3.8) is 0 Å². The van der Waals surface area contributed by atoms with Crippen LogP contribution in [0.5, 0.6) is 5.75 Å². The molecule has 0 radical (unpaired) electrons. The SMILES string of the molecule is COc1ccc(C2Cc3ccc4ccccc4c3N2)cc1. The topological polar surface area (TPSA) is 21.3 Å². The first-order valence-electron chi connectivity index (χ1n) is 7.26. The highest BCUT2D eigenvalue weighted by Gasteiger charge is 2.23. The Hall–Kier alpha value is -2.48. The molecule has 0 amide bonds. The van der Waals surface area contributed by atoms with Gasteiger partial charge in [-0.2, -0.15) is 0 Å². The first-order chi connectivity index (χ1) is 10.3. The number of ether oxygens (including phenoxy) is 1. The molecule has 104 valence electrons. The third-order valence-electron chi connectivity index (χ3n) is 4.28. The van der Waals surface area contributed by atoms with Crippen molar-refractivity contribution < 1.29 is 4.74 Å². The minimum absolute atomic E-state index is 0.344. The fourth-order valence-corrected chi connectivity index (χ4v) is 3.14. The van der Waals surface area contributed by atoms with Gasteiger partial charge in [0.25, 0.3) is 0 Å². The van der Waals surface area contributed by atoms with Crippen molar-refractivity contribution in [1.29, 1.82) is 0 Å². The van der Waals surface area contributed by atoms with Crippen LogP contribution in [0, 0.1) is 0 Å². The molecule has 21 heavy (non-hydrogen) atoms. The van der Waals surface area contributed by atoms with Crippen molar-refractivity contribution >= 4 is 16.5 Å². The molecule has 0 aromatic heterocycles. The second-order valence-electron chi connectivity index (χ2n) is 5.50. The number of benzene rings is 3. The highest BCUT2D eigenvalue weighted by Crippen LogP contribution is 2.39. The first kappa shape index (κ1) is 12.3. The second kappa shape index (κ2) is 4.81. The zero-order chi connectivity index (χ0) is 14.2. The summed E-state index contributed by atoms with van der Waals surface area (Å²) in [5.41, 5.74) is 3.99. The average Bonchev–Trinajstić information content (AvgIpc) is 2.99. The molecule has 1 unspecified atom stereocenters. The van der Waals surface area contributed by atoms with Crippen molar-refractivity contribution in [3.05, 3.63) is 71.8 Å². The van der Waals surface area contributed by atoms with Crippen LogP contribution in [0.2, 0.25) is 0 Å². The van der Waals surface area contributed by atoms with Crippen LogP contribution in [0.1, 0.15) is 17.2 Å². The minimum Gasteiger partial charge on any atom is -0.497 e. The number of rotatable bonds is 2. The Bertz CT molecular complexity index is 792. The number of fused-ring (bicyclic) bond motifs is 3. The van der Waals surface area contributed by atoms with Crippen LogP contribution in [0.15, 0.2) is 60.7 Å². The first-order valence-corrected chi connectivity index (χ1v) is 7.26. The summed E-state index contributed by atoms with van der Waals surface area (Å²) in [7, 11) is 1.70. The molecular weight excluding hydrogens is 258 g/mol. The van der Waals surface area contributed by atoms with E-state index in [-0.39, 0.29) is 0 Å². The van der Waals surface area contributed by atoms with Crippen molar-refractivity contribution in [2.45, 2.75) is 12.5 Å². The quantitative estimate of drug-likeness (QED) is 0.740. The summed E-state index contributed by atoms with van der Waals surface area (Å²) in [6.07, 6.45) is 1.03. The van der Waals surface area contributed by atoms with E-state index in [4.69, 9.17) is 4.74 Å². The Morgan fingerprint density at radius 1 is 0.952 bits per heavy atom. The molecule has 3 aromatic carbocycles. The predicted molar refractivity (Wildman–Crippen MR) is 87.0 cm³/mol. The smallest absolute Gasteiger partial charge is 0.118 e. The average molecular weight is 275 g/mol. The molecule has 1 N–H and O–H groups in total. The molecule has 1 heterocycles. The molecule has 0 fully saturated rings. The van der Waals surface area contributed by atoms with Crippen molar-refractivity contribution in [2.75, 3.05) is 12.4 Å². The van der Waals surface area contributed by atoms with E-state index >= 15 is 0 Å². The molecule has 2 nitrogen and oxygen atoms in total. The lowest BCUT2D eigenvalue weighted by Gasteiger charge is -2.13. The predicted octanol–water partition coefficient (Wildman–Crippen LogP) is 4.56. The molecule has 0 aliphatic carbocycles. The molecule has 1 aliphatic rings. The van der Waals surface area contributed by atoms with Gasteiger partial charge in [0.05, 0.1) is 13.2 Å². The van der Waals surface area contributed by atoms with E-state index in [1.807, 2.05) is 12.1 Å². The highest BCUT2D eigenvalue weighted by atomic mass is 16.5. The molecule has 3 aromatic rings. The Morgan fingerprint density at radius 3 is 2.57 bits per heavy atom. The van der Waals surface area contributed by atoms with E-state index in [2.05, 4.69) is 53.8 Å². The van der Waals surface area contributed by atoms with Crippen LogP contribution in [0.4, 0.5) is 5.69 Å². The van der Waals surface area contributed by atoms with Gasteiger partial charge in [0.2, 0.25) is 0 Å². The lowest BCUT2D eigenvalue weighted by Crippen LogP contribution is -2.05. The van der Waals surface area contributed by atoms with Gasteiger partial charge >= 0.3 is 0 Å². The van der Waals surface area contributed by atoms with Crippen molar-refractivity contribution in [3.8, 4) is 5.75 Å². The minimum atomic E-state index is 0.344. The molecule has 0 saturated carbocycles. The molecule has 1 aliphatic heterocycles. The molecule has 1 atom stereocenters. The third-order valence-corrected chi connectivity index (χ3v) is 4.28. The number of hydrogen-bond donors (Lipinski definition) is 1. The van der Waals surface area contributed by atoms with Crippen LogP contribution in [-0.4, -0.2) is 7.11 Å². The van der Waals surface area contributed by atoms with E-state index < -0.39 is 0 Å². The molecule has 0 spiro atoms. The van der Waals surface area contributed by atoms with Gasteiger partial charge in [-0.25, -0.2) is 0 Å². The lowest BCUT2D eigenvalue weighted by molar-refractivity contribution is 0.414. The van der Waals surface area contributed by atoms with E-state index in [9.17, 15) is 0 Å². The standard InChI is InChI=1S/C19H17NO/c1-21-16-10-8-14(9-11-16)18-12-15-7-6-13-4-2-3-5-17(13)19(15)20-18/h2-11,18,20H,12H2,1H3. The Morgan fingerprint density at radius 2 is 1.76 bits per heavy atom. The summed E-state index contributed by atoms with van der Waals surface area (Å²) in [5.74, 6) is 0.903. The third kappa shape index (κ3) is 2.04. The highest BCUT2D eigenvalue weighted by molar-refractivity contribution is 5.96. The zero-order valence-electron chi connectivity index (χ0n) is 12.0. The van der Waals surface area contributed by atoms with Gasteiger partial charge in [0, 0.05) is 11.1 Å². The van der Waals surface area contributed by atoms with Crippen LogP contribution < -0.4 is 10.1 Å². The maximum absolute atomic E-state index is 5.23. The van der Waals surface area contributed by atoms with Gasteiger partial charge in [-0.1, -0.05) is 48.5 Å². The Labute approximate surface area is 124 Å². The summed E-state index contributed by atoms with van der Waals surface area (Å²) >= 11 is 0. The number of anilines is 1. The van der Waals surface area contributed by atoms with E-state index in [0.29, 0.717) is 6.04 Å². The van der Waals surface area contributed by atoms with E-state index in [1.165, 1.54) is 27.6 Å². The second-order valence-corrected chi connectivity index (χ2v) is 5.50. The fourth-order valence-electron chi connectivity index (χ4n) is 3.14. The molecule has 2 heteroatoms. The summed E-state index contributed by atoms with van der Waals surface area (Å²) in [4.78, 5) is 0. The van der Waals surface area contributed by atoms with Crippen molar-refractivity contribution in [2.24, 2.45) is 0 Å². The number of hydrogen-bond acceptors (Lipinski definition) is 2. The largest absolute Gasteiger partial charge is 0.497 e. The molecular formula is C19H17NO. The van der Waals surface area contributed by atoms with Crippen LogP contribution in [0.3, 0.4) is 0 Å². The number of nitrogens with one attached hydrogen (secondary N) is 1. The normalized spacial score (nSPS) is 16.5. The number of methoxy groups -OCH3 is 1. The van der Waals surface area contributed by atoms with Crippen LogP contribution in [0.25, 0.3) is 10.8 Å². The Kier molecular flexibility index (Phi) is 2.81. The summed E-state index contributed by atoms with van der Waals surface area (Å²) < 4.78 is 5.23. The maximum atomic E-state index is 5.23. The van der Waals surface area contributed by atoms with E-state index in [0.717, 1.165) is 12.2 Å². The van der Waals surface area contributed by atoms with Crippen molar-refractivity contribution in [1.82, 2.24) is 0 Å². The molecule has 0 bridgehead atoms. The van der Waals surface area contributed by atoms with Gasteiger partial charge in [-0.3, -0.25) is 0 Å². The van der Waals surface area contributed by atoms with Crippen LogP contribution >= 0.6 is 0 Å². The zero-order valence-corrected chi connectivity index (χ0v) is 12.0. The van der Waals surface area contributed by atoms with Gasteiger partial charge in [0.1, 0.15) is 5.75 Å². The monoisotopic (exact) mass is 275 g/mol. The van der Waals surface area contributed by atoms with Crippen LogP contribution in [-0.2, 0) is 6.42 Å². The van der Waals surface area contributed by atoms with Gasteiger partial charge in [0.15, 0.2) is 0 Å². The van der Waals surface area contributed by atoms with E-state index in [1.54, 1.807) is 7.11 Å². The fraction of sp³-hybridized carbons (Fsp3) is 0.158. The van der Waals surface area contributed by atoms with Gasteiger partial charge < -0.3 is 10.1 Å². The maximum Gasteiger partial charge on any atom is 0.118 e.